The predicted molar refractivity (Wildman–Crippen MR) is 270 cm³/mol. The van der Waals surface area contributed by atoms with E-state index >= 15 is 0 Å². The maximum absolute atomic E-state index is 12.8. The van der Waals surface area contributed by atoms with Crippen molar-refractivity contribution < 1.29 is 28.6 Å². The second-order valence-corrected chi connectivity index (χ2v) is 18.1. The summed E-state index contributed by atoms with van der Waals surface area (Å²) in [6, 6.07) is 0. The van der Waals surface area contributed by atoms with Crippen LogP contribution in [-0.2, 0) is 28.6 Å². The molecule has 0 saturated carbocycles. The van der Waals surface area contributed by atoms with E-state index in [0.717, 1.165) is 89.9 Å². The quantitative estimate of drug-likeness (QED) is 0.0262. The van der Waals surface area contributed by atoms with Gasteiger partial charge in [0.1, 0.15) is 13.2 Å². The first-order valence-electron chi connectivity index (χ1n) is 27.1. The van der Waals surface area contributed by atoms with E-state index in [0.29, 0.717) is 19.3 Å². The fraction of sp³-hybridized carbons (Fsp3) is 0.807. The van der Waals surface area contributed by atoms with Gasteiger partial charge in [0.25, 0.3) is 0 Å². The zero-order chi connectivity index (χ0) is 45.8. The molecule has 0 amide bonds. The van der Waals surface area contributed by atoms with Crippen LogP contribution in [0.25, 0.3) is 0 Å². The van der Waals surface area contributed by atoms with Gasteiger partial charge in [0.2, 0.25) is 0 Å². The summed E-state index contributed by atoms with van der Waals surface area (Å²) in [5, 5.41) is 0. The molecular weight excluding hydrogens is 781 g/mol. The average molecular weight is 883 g/mol. The predicted octanol–water partition coefficient (Wildman–Crippen LogP) is 17.9. The fourth-order valence-electron chi connectivity index (χ4n) is 7.68. The van der Waals surface area contributed by atoms with Crippen LogP contribution in [0.5, 0.6) is 0 Å². The minimum atomic E-state index is -0.779. The highest BCUT2D eigenvalue weighted by molar-refractivity contribution is 5.71. The Bertz CT molecular complexity index is 1110. The van der Waals surface area contributed by atoms with Crippen molar-refractivity contribution in [3.05, 3.63) is 48.6 Å². The molecule has 0 aliphatic carbocycles. The summed E-state index contributed by atoms with van der Waals surface area (Å²) in [6.45, 7) is 6.60. The van der Waals surface area contributed by atoms with Crippen molar-refractivity contribution in [2.24, 2.45) is 0 Å². The molecule has 0 aliphatic heterocycles. The Hall–Kier alpha value is -2.63. The molecule has 0 radical (unpaired) electrons. The molecule has 1 unspecified atom stereocenters. The van der Waals surface area contributed by atoms with Crippen LogP contribution in [-0.4, -0.2) is 37.2 Å². The SMILES string of the molecule is CCCCCCC/C=C\C/C=C\C/C=C\CCCCCCCCC(=O)OCC(COC(=O)CCCCCCCCCCCC)OC(=O)CCCCCCC/C=C\CCCCCCC. The molecule has 0 aliphatic rings. The van der Waals surface area contributed by atoms with Crippen LogP contribution in [0.2, 0.25) is 0 Å². The highest BCUT2D eigenvalue weighted by Gasteiger charge is 2.19. The number of ether oxygens (including phenoxy) is 3. The zero-order valence-electron chi connectivity index (χ0n) is 41.8. The van der Waals surface area contributed by atoms with Crippen LogP contribution in [0.1, 0.15) is 278 Å². The number of carbonyl (C=O) groups excluding carboxylic acids is 3. The number of unbranched alkanes of at least 4 members (excludes halogenated alkanes) is 30. The Morgan fingerprint density at radius 2 is 0.571 bits per heavy atom. The number of allylic oxidation sites excluding steroid dienone is 8. The summed E-state index contributed by atoms with van der Waals surface area (Å²) >= 11 is 0. The van der Waals surface area contributed by atoms with Gasteiger partial charge in [-0.2, -0.15) is 0 Å². The monoisotopic (exact) mass is 883 g/mol. The first-order chi connectivity index (χ1) is 31.0. The molecule has 0 fully saturated rings. The Labute approximate surface area is 390 Å². The largest absolute Gasteiger partial charge is 0.462 e. The first kappa shape index (κ1) is 60.4. The molecule has 6 nitrogen and oxygen atoms in total. The summed E-state index contributed by atoms with van der Waals surface area (Å²) in [6.07, 6.45) is 62.4. The Morgan fingerprint density at radius 1 is 0.317 bits per heavy atom. The van der Waals surface area contributed by atoms with Gasteiger partial charge >= 0.3 is 17.9 Å². The van der Waals surface area contributed by atoms with Gasteiger partial charge in [0.15, 0.2) is 6.10 Å². The van der Waals surface area contributed by atoms with E-state index in [-0.39, 0.29) is 31.1 Å². The standard InChI is InChI=1S/C57H102O6/c1-4-7-10-13-16-19-22-24-26-27-28-29-30-31-32-34-35-38-41-44-47-50-56(59)62-53-54(52-61-55(58)49-46-43-40-37-21-18-15-12-9-6-3)63-57(60)51-48-45-42-39-36-33-25-23-20-17-14-11-8-5-2/h22-25,27-28,30-31,54H,4-21,26,29,32-53H2,1-3H3/b24-22-,25-23-,28-27-,31-30-. The van der Waals surface area contributed by atoms with E-state index in [2.05, 4.69) is 69.4 Å². The van der Waals surface area contributed by atoms with E-state index < -0.39 is 6.10 Å². The molecule has 0 aromatic heterocycles. The second kappa shape index (κ2) is 52.0. The van der Waals surface area contributed by atoms with Crippen LogP contribution in [0.15, 0.2) is 48.6 Å². The van der Waals surface area contributed by atoms with Crippen LogP contribution in [0, 0.1) is 0 Å². The molecule has 0 N–H and O–H groups in total. The lowest BCUT2D eigenvalue weighted by atomic mass is 10.1. The minimum Gasteiger partial charge on any atom is -0.462 e. The van der Waals surface area contributed by atoms with Crippen molar-refractivity contribution in [2.75, 3.05) is 13.2 Å². The lowest BCUT2D eigenvalue weighted by Gasteiger charge is -2.18. The Morgan fingerprint density at radius 3 is 0.905 bits per heavy atom. The summed E-state index contributed by atoms with van der Waals surface area (Å²) < 4.78 is 16.8. The van der Waals surface area contributed by atoms with E-state index in [9.17, 15) is 14.4 Å². The van der Waals surface area contributed by atoms with Crippen molar-refractivity contribution in [1.29, 1.82) is 0 Å². The molecule has 1 atom stereocenters. The van der Waals surface area contributed by atoms with Crippen LogP contribution >= 0.6 is 0 Å². The molecule has 63 heavy (non-hydrogen) atoms. The molecule has 0 aromatic carbocycles. The van der Waals surface area contributed by atoms with Crippen molar-refractivity contribution >= 4 is 17.9 Å². The highest BCUT2D eigenvalue weighted by Crippen LogP contribution is 2.15. The van der Waals surface area contributed by atoms with Gasteiger partial charge in [-0.05, 0) is 83.5 Å². The minimum absolute atomic E-state index is 0.0787. The van der Waals surface area contributed by atoms with Gasteiger partial charge in [-0.1, -0.05) is 223 Å². The van der Waals surface area contributed by atoms with Gasteiger partial charge in [-0.3, -0.25) is 14.4 Å². The molecule has 0 aromatic rings. The first-order valence-corrected chi connectivity index (χ1v) is 27.1. The number of hydrogen-bond acceptors (Lipinski definition) is 6. The van der Waals surface area contributed by atoms with Crippen LogP contribution in [0.4, 0.5) is 0 Å². The molecule has 0 heterocycles. The Balaban J connectivity index is 4.32. The van der Waals surface area contributed by atoms with Crippen molar-refractivity contribution in [1.82, 2.24) is 0 Å². The second-order valence-electron chi connectivity index (χ2n) is 18.1. The molecule has 366 valence electrons. The summed E-state index contributed by atoms with van der Waals surface area (Å²) in [5.74, 6) is -0.894. The van der Waals surface area contributed by atoms with E-state index in [1.54, 1.807) is 0 Å². The molecular formula is C57H102O6. The molecule has 0 spiro atoms. The van der Waals surface area contributed by atoms with Crippen molar-refractivity contribution in [3.8, 4) is 0 Å². The lowest BCUT2D eigenvalue weighted by Crippen LogP contribution is -2.30. The number of hydrogen-bond donors (Lipinski definition) is 0. The normalized spacial score (nSPS) is 12.4. The summed E-state index contributed by atoms with van der Waals surface area (Å²) in [5.41, 5.74) is 0. The third-order valence-corrected chi connectivity index (χ3v) is 11.8. The molecule has 0 rings (SSSR count). The lowest BCUT2D eigenvalue weighted by molar-refractivity contribution is -0.167. The number of esters is 3. The number of carbonyl (C=O) groups is 3. The van der Waals surface area contributed by atoms with E-state index in [1.807, 2.05) is 0 Å². The fourth-order valence-corrected chi connectivity index (χ4v) is 7.68. The van der Waals surface area contributed by atoms with Gasteiger partial charge in [-0.15, -0.1) is 0 Å². The van der Waals surface area contributed by atoms with Crippen molar-refractivity contribution in [3.63, 3.8) is 0 Å². The van der Waals surface area contributed by atoms with Gasteiger partial charge in [0.05, 0.1) is 0 Å². The van der Waals surface area contributed by atoms with Crippen molar-refractivity contribution in [2.45, 2.75) is 284 Å². The Kier molecular flexibility index (Phi) is 49.8. The van der Waals surface area contributed by atoms with Gasteiger partial charge < -0.3 is 14.2 Å². The maximum Gasteiger partial charge on any atom is 0.306 e. The summed E-state index contributed by atoms with van der Waals surface area (Å²) in [4.78, 5) is 38.0. The average Bonchev–Trinajstić information content (AvgIpc) is 3.28. The molecule has 0 bridgehead atoms. The van der Waals surface area contributed by atoms with E-state index in [1.165, 1.54) is 148 Å². The molecule has 6 heteroatoms. The summed E-state index contributed by atoms with van der Waals surface area (Å²) in [7, 11) is 0. The van der Waals surface area contributed by atoms with Gasteiger partial charge in [0, 0.05) is 19.3 Å². The van der Waals surface area contributed by atoms with Crippen LogP contribution < -0.4 is 0 Å². The maximum atomic E-state index is 12.8. The topological polar surface area (TPSA) is 78.9 Å². The van der Waals surface area contributed by atoms with Gasteiger partial charge in [-0.25, -0.2) is 0 Å². The zero-order valence-corrected chi connectivity index (χ0v) is 41.8. The smallest absolute Gasteiger partial charge is 0.306 e. The molecule has 0 saturated heterocycles. The van der Waals surface area contributed by atoms with E-state index in [4.69, 9.17) is 14.2 Å². The third kappa shape index (κ3) is 50.2. The third-order valence-electron chi connectivity index (χ3n) is 11.8. The highest BCUT2D eigenvalue weighted by atomic mass is 16.6. The number of rotatable bonds is 49. The van der Waals surface area contributed by atoms with Crippen LogP contribution in [0.3, 0.4) is 0 Å².